The van der Waals surface area contributed by atoms with Crippen LogP contribution < -0.4 is 0 Å². The highest BCUT2D eigenvalue weighted by atomic mass is 28.4. The lowest BCUT2D eigenvalue weighted by Crippen LogP contribution is -2.60. The van der Waals surface area contributed by atoms with E-state index in [0.29, 0.717) is 0 Å². The van der Waals surface area contributed by atoms with Gasteiger partial charge in [-0.05, 0) is 44.5 Å². The summed E-state index contributed by atoms with van der Waals surface area (Å²) in [7, 11) is -2.14. The molecule has 3 unspecified atom stereocenters. The molecule has 0 amide bonds. The van der Waals surface area contributed by atoms with Crippen LogP contribution in [0.5, 0.6) is 0 Å². The van der Waals surface area contributed by atoms with Gasteiger partial charge in [-0.15, -0.1) is 0 Å². The predicted octanol–water partition coefficient (Wildman–Crippen LogP) is 4.70. The first-order chi connectivity index (χ1) is 11.7. The first-order valence-electron chi connectivity index (χ1n) is 9.24. The van der Waals surface area contributed by atoms with Gasteiger partial charge in [0.25, 0.3) is 0 Å². The van der Waals surface area contributed by atoms with Crippen molar-refractivity contribution in [2.45, 2.75) is 77.3 Å². The molecule has 0 aliphatic heterocycles. The number of Topliss-reactive ketones (excluding diaryl/α,β-unsaturated/α-hetero) is 1. The van der Waals surface area contributed by atoms with E-state index in [9.17, 15) is 9.59 Å². The molecule has 1 saturated carbocycles. The number of ether oxygens (including phenoxy) is 1. The van der Waals surface area contributed by atoms with Crippen molar-refractivity contribution in [3.05, 3.63) is 35.9 Å². The van der Waals surface area contributed by atoms with Gasteiger partial charge in [0.15, 0.2) is 14.1 Å². The minimum absolute atomic E-state index is 0.00841. The van der Waals surface area contributed by atoms with Crippen molar-refractivity contribution < 1.29 is 18.8 Å². The summed E-state index contributed by atoms with van der Waals surface area (Å²) in [5, 5.41) is -0.00841. The van der Waals surface area contributed by atoms with Crippen LogP contribution in [0.3, 0.4) is 0 Å². The molecule has 1 aliphatic carbocycles. The van der Waals surface area contributed by atoms with Crippen LogP contribution in [0.1, 0.15) is 53.0 Å². The van der Waals surface area contributed by atoms with Crippen LogP contribution in [0.25, 0.3) is 0 Å². The van der Waals surface area contributed by atoms with Crippen LogP contribution in [0, 0.1) is 5.92 Å². The first kappa shape index (κ1) is 20.8. The Balaban J connectivity index is 2.32. The van der Waals surface area contributed by atoms with Crippen LogP contribution in [0.4, 0.5) is 0 Å². The molecule has 1 fully saturated rings. The molecule has 1 aromatic carbocycles. The smallest absolute Gasteiger partial charge is 0.317 e. The van der Waals surface area contributed by atoms with Gasteiger partial charge in [-0.1, -0.05) is 51.1 Å². The minimum Gasteiger partial charge on any atom is -0.459 e. The van der Waals surface area contributed by atoms with E-state index in [1.165, 1.54) is 0 Å². The maximum absolute atomic E-state index is 12.9. The number of hydrogen-bond donors (Lipinski definition) is 0. The van der Waals surface area contributed by atoms with E-state index < -0.39 is 31.9 Å². The second-order valence-electron chi connectivity index (χ2n) is 9.65. The topological polar surface area (TPSA) is 52.6 Å². The largest absolute Gasteiger partial charge is 0.459 e. The Labute approximate surface area is 158 Å². The third kappa shape index (κ3) is 4.26. The Morgan fingerprint density at radius 1 is 1.00 bits per heavy atom. The minimum atomic E-state index is -2.14. The van der Waals surface area contributed by atoms with Crippen LogP contribution in [0.2, 0.25) is 18.1 Å². The van der Waals surface area contributed by atoms with Crippen LogP contribution in [-0.2, 0) is 18.8 Å². The molecule has 0 spiro atoms. The van der Waals surface area contributed by atoms with E-state index in [0.717, 1.165) is 5.56 Å². The van der Waals surface area contributed by atoms with Crippen molar-refractivity contribution in [1.29, 1.82) is 0 Å². The van der Waals surface area contributed by atoms with Gasteiger partial charge in [0, 0.05) is 5.92 Å². The molecule has 5 heteroatoms. The number of carbonyl (C=O) groups is 2. The summed E-state index contributed by atoms with van der Waals surface area (Å²) in [6, 6.07) is 9.68. The van der Waals surface area contributed by atoms with Gasteiger partial charge in [0.1, 0.15) is 17.6 Å². The average molecular weight is 377 g/mol. The van der Waals surface area contributed by atoms with Gasteiger partial charge in [0.2, 0.25) is 0 Å². The van der Waals surface area contributed by atoms with Crippen LogP contribution in [0.15, 0.2) is 30.3 Å². The molecular weight excluding hydrogens is 344 g/mol. The zero-order valence-electron chi connectivity index (χ0n) is 17.3. The Morgan fingerprint density at radius 3 is 2.00 bits per heavy atom. The summed E-state index contributed by atoms with van der Waals surface area (Å²) >= 11 is 0. The van der Waals surface area contributed by atoms with E-state index in [4.69, 9.17) is 9.16 Å². The molecule has 0 bridgehead atoms. The number of rotatable bonds is 4. The van der Waals surface area contributed by atoms with Crippen molar-refractivity contribution in [3.8, 4) is 0 Å². The number of esters is 1. The summed E-state index contributed by atoms with van der Waals surface area (Å²) in [5.74, 6) is -1.68. The number of hydrogen-bond acceptors (Lipinski definition) is 4. The molecule has 1 aliphatic rings. The third-order valence-electron chi connectivity index (χ3n) is 5.35. The lowest BCUT2D eigenvalue weighted by atomic mass is 9.66. The molecule has 0 saturated heterocycles. The monoisotopic (exact) mass is 376 g/mol. The number of benzene rings is 1. The normalized spacial score (nSPS) is 24.2. The second-order valence-corrected chi connectivity index (χ2v) is 14.4. The Bertz CT molecular complexity index is 667. The van der Waals surface area contributed by atoms with Crippen molar-refractivity contribution in [1.82, 2.24) is 0 Å². The van der Waals surface area contributed by atoms with Gasteiger partial charge in [-0.2, -0.15) is 0 Å². The summed E-state index contributed by atoms with van der Waals surface area (Å²) in [6.07, 6.45) is -0.573. The molecule has 1 aromatic rings. The molecule has 0 heterocycles. The third-order valence-corrected chi connectivity index (χ3v) is 9.80. The molecule has 0 radical (unpaired) electrons. The fourth-order valence-electron chi connectivity index (χ4n) is 2.88. The van der Waals surface area contributed by atoms with Crippen molar-refractivity contribution >= 4 is 20.1 Å². The summed E-state index contributed by atoms with van der Waals surface area (Å²) in [5.41, 5.74) is 0.330. The average Bonchev–Trinajstić information content (AvgIpc) is 2.47. The molecule has 0 N–H and O–H groups in total. The molecule has 2 rings (SSSR count). The maximum Gasteiger partial charge on any atom is 0.317 e. The second kappa shape index (κ2) is 6.93. The summed E-state index contributed by atoms with van der Waals surface area (Å²) < 4.78 is 11.9. The summed E-state index contributed by atoms with van der Waals surface area (Å²) in [6.45, 7) is 16.1. The van der Waals surface area contributed by atoms with E-state index in [-0.39, 0.29) is 16.7 Å². The van der Waals surface area contributed by atoms with Crippen molar-refractivity contribution in [3.63, 3.8) is 0 Å². The highest BCUT2D eigenvalue weighted by molar-refractivity contribution is 6.74. The number of ketones is 1. The van der Waals surface area contributed by atoms with Crippen LogP contribution in [-0.4, -0.2) is 31.8 Å². The fraction of sp³-hybridized carbons (Fsp3) is 0.619. The molecular formula is C21H32O4Si. The lowest BCUT2D eigenvalue weighted by molar-refractivity contribution is -0.173. The first-order valence-corrected chi connectivity index (χ1v) is 12.1. The molecule has 4 nitrogen and oxygen atoms in total. The van der Waals surface area contributed by atoms with Gasteiger partial charge in [0.05, 0.1) is 0 Å². The Hall–Kier alpha value is -1.46. The molecule has 144 valence electrons. The molecule has 0 aromatic heterocycles. The zero-order chi connectivity index (χ0) is 19.9. The Kier molecular flexibility index (Phi) is 5.55. The number of carbonyl (C=O) groups excluding carboxylic acids is 2. The lowest BCUT2D eigenvalue weighted by Gasteiger charge is -2.48. The standard InChI is InChI=1S/C21H32O4Si/c1-20(2,3)24-19(23)16-15(14-12-10-9-11-13-14)18(17(16)22)25-26(7,8)21(4,5)6/h9-13,15-16,18H,1-8H3. The van der Waals surface area contributed by atoms with Crippen LogP contribution >= 0.6 is 0 Å². The fourth-order valence-corrected chi connectivity index (χ4v) is 4.13. The highest BCUT2D eigenvalue weighted by Crippen LogP contribution is 2.47. The van der Waals surface area contributed by atoms with Gasteiger partial charge in [-0.25, -0.2) is 0 Å². The van der Waals surface area contributed by atoms with Crippen molar-refractivity contribution in [2.75, 3.05) is 0 Å². The molecule has 26 heavy (non-hydrogen) atoms. The van der Waals surface area contributed by atoms with Crippen molar-refractivity contribution in [2.24, 2.45) is 5.92 Å². The summed E-state index contributed by atoms with van der Waals surface area (Å²) in [4.78, 5) is 25.5. The predicted molar refractivity (Wildman–Crippen MR) is 106 cm³/mol. The highest BCUT2D eigenvalue weighted by Gasteiger charge is 2.58. The zero-order valence-corrected chi connectivity index (χ0v) is 18.3. The van der Waals surface area contributed by atoms with E-state index in [1.54, 1.807) is 0 Å². The van der Waals surface area contributed by atoms with Gasteiger partial charge >= 0.3 is 5.97 Å². The van der Waals surface area contributed by atoms with Gasteiger partial charge < -0.3 is 9.16 Å². The van der Waals surface area contributed by atoms with E-state index in [2.05, 4.69) is 33.9 Å². The Morgan fingerprint density at radius 2 is 1.54 bits per heavy atom. The quantitative estimate of drug-likeness (QED) is 0.434. The molecule has 3 atom stereocenters. The van der Waals surface area contributed by atoms with Gasteiger partial charge in [-0.3, -0.25) is 9.59 Å². The van der Waals surface area contributed by atoms with E-state index >= 15 is 0 Å². The maximum atomic E-state index is 12.9. The SMILES string of the molecule is CC(C)(C)OC(=O)C1C(=O)C(O[Si](C)(C)C(C)(C)C)C1c1ccccc1. The van der Waals surface area contributed by atoms with E-state index in [1.807, 2.05) is 51.1 Å².